The number of carbonyl (C=O) groups is 1. The van der Waals surface area contributed by atoms with Crippen molar-refractivity contribution in [3.05, 3.63) is 83.7 Å². The van der Waals surface area contributed by atoms with Crippen LogP contribution in [0.3, 0.4) is 0 Å². The summed E-state index contributed by atoms with van der Waals surface area (Å²) in [5, 5.41) is 7.30. The molecule has 1 aromatic heterocycles. The molecule has 0 bridgehead atoms. The first-order valence-electron chi connectivity index (χ1n) is 9.20. The second kappa shape index (κ2) is 9.42. The third-order valence-electron chi connectivity index (χ3n) is 4.47. The third-order valence-corrected chi connectivity index (χ3v) is 5.48. The number of nitrogens with zero attached hydrogens (tertiary/aromatic N) is 2. The van der Waals surface area contributed by atoms with E-state index >= 15 is 0 Å². The maximum absolute atomic E-state index is 12.2. The monoisotopic (exact) mass is 379 g/mol. The summed E-state index contributed by atoms with van der Waals surface area (Å²) < 4.78 is 1.83. The summed E-state index contributed by atoms with van der Waals surface area (Å²) in [7, 11) is 0. The molecule has 4 nitrogen and oxygen atoms in total. The van der Waals surface area contributed by atoms with E-state index in [2.05, 4.69) is 53.7 Å². The van der Waals surface area contributed by atoms with Crippen molar-refractivity contribution >= 4 is 17.7 Å². The molecule has 0 aliphatic heterocycles. The smallest absolute Gasteiger partial charge is 0.230 e. The number of hydrogen-bond acceptors (Lipinski definition) is 3. The van der Waals surface area contributed by atoms with Gasteiger partial charge in [0.1, 0.15) is 0 Å². The number of rotatable bonds is 8. The van der Waals surface area contributed by atoms with Crippen LogP contribution < -0.4 is 5.32 Å². The zero-order valence-corrected chi connectivity index (χ0v) is 16.6. The first kappa shape index (κ1) is 19.2. The summed E-state index contributed by atoms with van der Waals surface area (Å²) >= 11 is 1.63. The van der Waals surface area contributed by atoms with E-state index in [1.54, 1.807) is 18.0 Å². The molecule has 3 rings (SSSR count). The van der Waals surface area contributed by atoms with E-state index in [0.29, 0.717) is 5.75 Å². The minimum atomic E-state index is 0.0253. The van der Waals surface area contributed by atoms with Crippen LogP contribution in [-0.2, 0) is 17.0 Å². The van der Waals surface area contributed by atoms with Gasteiger partial charge in [-0.3, -0.25) is 4.79 Å². The largest absolute Gasteiger partial charge is 0.349 e. The Hall–Kier alpha value is -2.53. The van der Waals surface area contributed by atoms with Crippen LogP contribution in [0.1, 0.15) is 36.6 Å². The highest BCUT2D eigenvalue weighted by atomic mass is 32.2. The average molecular weight is 380 g/mol. The Kier molecular flexibility index (Phi) is 6.71. The number of hydrogen-bond donors (Lipinski definition) is 1. The van der Waals surface area contributed by atoms with Crippen molar-refractivity contribution in [1.82, 2.24) is 15.1 Å². The summed E-state index contributed by atoms with van der Waals surface area (Å²) in [6.07, 6.45) is 4.72. The lowest BCUT2D eigenvalue weighted by atomic mass is 10.1. The maximum atomic E-state index is 12.2. The van der Waals surface area contributed by atoms with E-state index in [0.717, 1.165) is 23.4 Å². The molecular formula is C22H25N3OS. The summed E-state index contributed by atoms with van der Waals surface area (Å²) in [4.78, 5) is 12.2. The van der Waals surface area contributed by atoms with Crippen molar-refractivity contribution < 1.29 is 4.79 Å². The molecule has 0 saturated carbocycles. The topological polar surface area (TPSA) is 46.9 Å². The second-order valence-corrected chi connectivity index (χ2v) is 7.48. The minimum absolute atomic E-state index is 0.0253. The molecule has 2 aromatic carbocycles. The number of benzene rings is 2. The standard InChI is InChI=1S/C22H25N3OS/c1-3-18-5-9-20(10-6-18)17(2)24-22(26)16-27-15-19-7-11-21(12-8-19)25-14-4-13-23-25/h4-14,17H,3,15-16H2,1-2H3,(H,24,26)/t17-/m1/s1. The molecule has 1 N–H and O–H groups in total. The highest BCUT2D eigenvalue weighted by Crippen LogP contribution is 2.17. The predicted molar refractivity (Wildman–Crippen MR) is 112 cm³/mol. The van der Waals surface area contributed by atoms with Crippen LogP contribution in [0.25, 0.3) is 5.69 Å². The molecule has 0 saturated heterocycles. The van der Waals surface area contributed by atoms with Crippen LogP contribution >= 0.6 is 11.8 Å². The van der Waals surface area contributed by atoms with Gasteiger partial charge in [-0.2, -0.15) is 5.10 Å². The Morgan fingerprint density at radius 2 is 1.81 bits per heavy atom. The Bertz CT molecular complexity index is 842. The molecule has 0 spiro atoms. The van der Waals surface area contributed by atoms with Crippen LogP contribution in [-0.4, -0.2) is 21.4 Å². The Labute approximate surface area is 165 Å². The molecule has 1 heterocycles. The van der Waals surface area contributed by atoms with Crippen LogP contribution in [0, 0.1) is 0 Å². The van der Waals surface area contributed by atoms with Crippen LogP contribution in [0.5, 0.6) is 0 Å². The van der Waals surface area contributed by atoms with Gasteiger partial charge in [-0.05, 0) is 48.2 Å². The highest BCUT2D eigenvalue weighted by molar-refractivity contribution is 7.99. The molecule has 0 fully saturated rings. The molecule has 5 heteroatoms. The zero-order valence-electron chi connectivity index (χ0n) is 15.8. The van der Waals surface area contributed by atoms with Gasteiger partial charge in [-0.15, -0.1) is 11.8 Å². The van der Waals surface area contributed by atoms with Crippen LogP contribution in [0.4, 0.5) is 0 Å². The summed E-state index contributed by atoms with van der Waals surface area (Å²) in [5.41, 5.74) is 4.69. The second-order valence-electron chi connectivity index (χ2n) is 6.49. The molecule has 1 amide bonds. The normalized spacial score (nSPS) is 11.9. The van der Waals surface area contributed by atoms with Gasteiger partial charge < -0.3 is 5.32 Å². The lowest BCUT2D eigenvalue weighted by molar-refractivity contribution is -0.119. The lowest BCUT2D eigenvalue weighted by Crippen LogP contribution is -2.28. The number of aromatic nitrogens is 2. The lowest BCUT2D eigenvalue weighted by Gasteiger charge is -2.14. The van der Waals surface area contributed by atoms with Crippen molar-refractivity contribution in [3.63, 3.8) is 0 Å². The third kappa shape index (κ3) is 5.47. The van der Waals surface area contributed by atoms with Crippen molar-refractivity contribution in [1.29, 1.82) is 0 Å². The molecule has 27 heavy (non-hydrogen) atoms. The first-order chi connectivity index (χ1) is 13.2. The maximum Gasteiger partial charge on any atom is 0.230 e. The number of nitrogens with one attached hydrogen (secondary N) is 1. The van der Waals surface area contributed by atoms with Gasteiger partial charge in [0.2, 0.25) is 5.91 Å². The zero-order chi connectivity index (χ0) is 19.1. The van der Waals surface area contributed by atoms with Crippen molar-refractivity contribution in [3.8, 4) is 5.69 Å². The fourth-order valence-electron chi connectivity index (χ4n) is 2.84. The van der Waals surface area contributed by atoms with Gasteiger partial charge in [0, 0.05) is 18.1 Å². The molecule has 0 aliphatic rings. The Morgan fingerprint density at radius 1 is 1.11 bits per heavy atom. The van der Waals surface area contributed by atoms with E-state index in [1.165, 1.54) is 11.1 Å². The molecule has 1 atom stereocenters. The fourth-order valence-corrected chi connectivity index (χ4v) is 3.64. The van der Waals surface area contributed by atoms with Crippen molar-refractivity contribution in [2.24, 2.45) is 0 Å². The van der Waals surface area contributed by atoms with E-state index in [-0.39, 0.29) is 11.9 Å². The molecule has 0 aliphatic carbocycles. The fraction of sp³-hybridized carbons (Fsp3) is 0.273. The van der Waals surface area contributed by atoms with Gasteiger partial charge in [-0.25, -0.2) is 4.68 Å². The Morgan fingerprint density at radius 3 is 2.44 bits per heavy atom. The number of aryl methyl sites for hydroxylation is 1. The summed E-state index contributed by atoms with van der Waals surface area (Å²) in [6, 6.07) is 18.6. The van der Waals surface area contributed by atoms with E-state index in [9.17, 15) is 4.79 Å². The first-order valence-corrected chi connectivity index (χ1v) is 10.4. The minimum Gasteiger partial charge on any atom is -0.349 e. The van der Waals surface area contributed by atoms with Crippen molar-refractivity contribution in [2.75, 3.05) is 5.75 Å². The van der Waals surface area contributed by atoms with Gasteiger partial charge in [0.25, 0.3) is 0 Å². The van der Waals surface area contributed by atoms with Gasteiger partial charge in [0.15, 0.2) is 0 Å². The van der Waals surface area contributed by atoms with Gasteiger partial charge in [-0.1, -0.05) is 43.3 Å². The SMILES string of the molecule is CCc1ccc([C@@H](C)NC(=O)CSCc2ccc(-n3cccn3)cc2)cc1. The number of amides is 1. The van der Waals surface area contributed by atoms with Gasteiger partial charge >= 0.3 is 0 Å². The highest BCUT2D eigenvalue weighted by Gasteiger charge is 2.09. The van der Waals surface area contributed by atoms with Gasteiger partial charge in [0.05, 0.1) is 17.5 Å². The molecular weight excluding hydrogens is 354 g/mol. The number of thioether (sulfide) groups is 1. The van der Waals surface area contributed by atoms with Crippen molar-refractivity contribution in [2.45, 2.75) is 32.1 Å². The summed E-state index contributed by atoms with van der Waals surface area (Å²) in [6.45, 7) is 4.17. The quantitative estimate of drug-likeness (QED) is 0.625. The molecule has 3 aromatic rings. The summed E-state index contributed by atoms with van der Waals surface area (Å²) in [5.74, 6) is 1.34. The van der Waals surface area contributed by atoms with Crippen LogP contribution in [0.15, 0.2) is 67.0 Å². The molecule has 0 unspecified atom stereocenters. The Balaban J connectivity index is 1.43. The number of carbonyl (C=O) groups excluding carboxylic acids is 1. The predicted octanol–water partition coefficient (Wildman–Crippen LogP) is 4.55. The molecule has 0 radical (unpaired) electrons. The van der Waals surface area contributed by atoms with Crippen LogP contribution in [0.2, 0.25) is 0 Å². The molecule has 140 valence electrons. The van der Waals surface area contributed by atoms with E-state index in [1.807, 2.05) is 36.0 Å². The van der Waals surface area contributed by atoms with E-state index in [4.69, 9.17) is 0 Å². The average Bonchev–Trinajstić information content (AvgIpc) is 3.23. The van der Waals surface area contributed by atoms with E-state index < -0.39 is 0 Å².